The summed E-state index contributed by atoms with van der Waals surface area (Å²) in [4.78, 5) is 0. The molecular weight excluding hydrogens is 294 g/mol. The number of aromatic nitrogens is 2. The maximum Gasteiger partial charge on any atom is 0.0767 e. The van der Waals surface area contributed by atoms with Crippen molar-refractivity contribution in [3.8, 4) is 0 Å². The van der Waals surface area contributed by atoms with E-state index in [1.807, 2.05) is 0 Å². The topological polar surface area (TPSA) is 39.1 Å². The highest BCUT2D eigenvalue weighted by Crippen LogP contribution is 2.22. The van der Waals surface area contributed by atoms with E-state index >= 15 is 0 Å². The Bertz CT molecular complexity index is 363. The summed E-state index contributed by atoms with van der Waals surface area (Å²) in [6.45, 7) is 11.7. The maximum atomic E-state index is 5.50. The molecule has 1 N–H and O–H groups in total. The first-order valence-corrected chi connectivity index (χ1v) is 7.45. The highest BCUT2D eigenvalue weighted by atomic mass is 79.9. The minimum atomic E-state index is 0.298. The Morgan fingerprint density at radius 3 is 2.67 bits per heavy atom. The fourth-order valence-corrected chi connectivity index (χ4v) is 2.46. The van der Waals surface area contributed by atoms with E-state index in [2.05, 4.69) is 58.7 Å². The van der Waals surface area contributed by atoms with Crippen LogP contribution in [-0.4, -0.2) is 29.0 Å². The second kappa shape index (κ2) is 7.92. The lowest BCUT2D eigenvalue weighted by Crippen LogP contribution is -2.22. The molecule has 0 radical (unpaired) electrons. The SMILES string of the molecule is CCc1nn(CC)c(CNCCOC(C)C)c1Br. The predicted molar refractivity (Wildman–Crippen MR) is 77.8 cm³/mol. The Kier molecular flexibility index (Phi) is 6.89. The zero-order chi connectivity index (χ0) is 13.5. The van der Waals surface area contributed by atoms with Crippen LogP contribution in [0.2, 0.25) is 0 Å². The van der Waals surface area contributed by atoms with Gasteiger partial charge in [-0.1, -0.05) is 6.92 Å². The van der Waals surface area contributed by atoms with E-state index in [1.54, 1.807) is 0 Å². The normalized spacial score (nSPS) is 11.4. The molecule has 1 heterocycles. The van der Waals surface area contributed by atoms with Crippen molar-refractivity contribution in [2.24, 2.45) is 0 Å². The van der Waals surface area contributed by atoms with Crippen molar-refractivity contribution >= 4 is 15.9 Å². The van der Waals surface area contributed by atoms with Gasteiger partial charge in [-0.25, -0.2) is 0 Å². The predicted octanol–water partition coefficient (Wildman–Crippen LogP) is 2.74. The fraction of sp³-hybridized carbons (Fsp3) is 0.769. The molecule has 1 aromatic heterocycles. The van der Waals surface area contributed by atoms with Gasteiger partial charge in [0.05, 0.1) is 28.6 Å². The number of nitrogens with one attached hydrogen (secondary N) is 1. The van der Waals surface area contributed by atoms with Crippen LogP contribution in [0, 0.1) is 0 Å². The molecule has 0 saturated carbocycles. The first kappa shape index (κ1) is 15.7. The lowest BCUT2D eigenvalue weighted by molar-refractivity contribution is 0.0806. The zero-order valence-corrected chi connectivity index (χ0v) is 13.4. The molecule has 0 bridgehead atoms. The highest BCUT2D eigenvalue weighted by Gasteiger charge is 2.12. The highest BCUT2D eigenvalue weighted by molar-refractivity contribution is 9.10. The Morgan fingerprint density at radius 2 is 2.11 bits per heavy atom. The molecule has 0 unspecified atom stereocenters. The molecule has 0 atom stereocenters. The van der Waals surface area contributed by atoms with E-state index in [9.17, 15) is 0 Å². The van der Waals surface area contributed by atoms with Crippen LogP contribution >= 0.6 is 15.9 Å². The second-order valence-corrected chi connectivity index (χ2v) is 5.27. The molecule has 0 aromatic carbocycles. The smallest absolute Gasteiger partial charge is 0.0767 e. The molecule has 0 fully saturated rings. The molecule has 0 aliphatic carbocycles. The summed E-state index contributed by atoms with van der Waals surface area (Å²) in [5, 5.41) is 7.97. The quantitative estimate of drug-likeness (QED) is 0.749. The first-order chi connectivity index (χ1) is 8.60. The van der Waals surface area contributed by atoms with Gasteiger partial charge in [0.15, 0.2) is 0 Å². The van der Waals surface area contributed by atoms with E-state index in [0.29, 0.717) is 6.10 Å². The van der Waals surface area contributed by atoms with Gasteiger partial charge in [-0.15, -0.1) is 0 Å². The Balaban J connectivity index is 2.48. The van der Waals surface area contributed by atoms with E-state index in [1.165, 1.54) is 5.69 Å². The van der Waals surface area contributed by atoms with Gasteiger partial charge < -0.3 is 10.1 Å². The molecule has 1 rings (SSSR count). The summed E-state index contributed by atoms with van der Waals surface area (Å²) in [5.41, 5.74) is 2.35. The van der Waals surface area contributed by atoms with Gasteiger partial charge in [-0.2, -0.15) is 5.10 Å². The van der Waals surface area contributed by atoms with Gasteiger partial charge in [-0.05, 0) is 43.1 Å². The standard InChI is InChI=1S/C13H24BrN3O/c1-5-11-13(14)12(17(6-2)16-11)9-15-7-8-18-10(3)4/h10,15H,5-9H2,1-4H3. The van der Waals surface area contributed by atoms with Crippen molar-refractivity contribution in [1.29, 1.82) is 0 Å². The van der Waals surface area contributed by atoms with Gasteiger partial charge in [0.25, 0.3) is 0 Å². The third kappa shape index (κ3) is 4.37. The summed E-state index contributed by atoms with van der Waals surface area (Å²) in [6.07, 6.45) is 1.25. The van der Waals surface area contributed by atoms with E-state index in [-0.39, 0.29) is 0 Å². The van der Waals surface area contributed by atoms with Crippen molar-refractivity contribution in [2.75, 3.05) is 13.2 Å². The monoisotopic (exact) mass is 317 g/mol. The zero-order valence-electron chi connectivity index (χ0n) is 11.8. The molecule has 1 aromatic rings. The first-order valence-electron chi connectivity index (χ1n) is 6.66. The van der Waals surface area contributed by atoms with Gasteiger partial charge in [0.1, 0.15) is 0 Å². The van der Waals surface area contributed by atoms with Crippen LogP contribution < -0.4 is 5.32 Å². The molecule has 5 heteroatoms. The minimum Gasteiger partial charge on any atom is -0.377 e. The third-order valence-electron chi connectivity index (χ3n) is 2.72. The van der Waals surface area contributed by atoms with Gasteiger partial charge in [0, 0.05) is 19.6 Å². The van der Waals surface area contributed by atoms with E-state index < -0.39 is 0 Å². The van der Waals surface area contributed by atoms with Crippen molar-refractivity contribution in [1.82, 2.24) is 15.1 Å². The Morgan fingerprint density at radius 1 is 1.39 bits per heavy atom. The number of hydrogen-bond acceptors (Lipinski definition) is 3. The average Bonchev–Trinajstić information content (AvgIpc) is 2.65. The van der Waals surface area contributed by atoms with Crippen molar-refractivity contribution in [2.45, 2.75) is 53.3 Å². The molecular formula is C13H24BrN3O. The third-order valence-corrected chi connectivity index (χ3v) is 3.63. The largest absolute Gasteiger partial charge is 0.377 e. The summed E-state index contributed by atoms with van der Waals surface area (Å²) in [5.74, 6) is 0. The summed E-state index contributed by atoms with van der Waals surface area (Å²) in [7, 11) is 0. The van der Waals surface area contributed by atoms with Crippen molar-refractivity contribution in [3.05, 3.63) is 15.9 Å². The van der Waals surface area contributed by atoms with E-state index in [4.69, 9.17) is 4.74 Å². The molecule has 104 valence electrons. The molecule has 0 saturated heterocycles. The van der Waals surface area contributed by atoms with Crippen LogP contribution in [0.15, 0.2) is 4.47 Å². The Labute approximate surface area is 118 Å². The second-order valence-electron chi connectivity index (χ2n) is 4.47. The maximum absolute atomic E-state index is 5.50. The van der Waals surface area contributed by atoms with Crippen LogP contribution in [0.3, 0.4) is 0 Å². The van der Waals surface area contributed by atoms with Crippen molar-refractivity contribution in [3.63, 3.8) is 0 Å². The Hall–Kier alpha value is -0.390. The minimum absolute atomic E-state index is 0.298. The summed E-state index contributed by atoms with van der Waals surface area (Å²) < 4.78 is 8.69. The van der Waals surface area contributed by atoms with E-state index in [0.717, 1.165) is 42.8 Å². The lowest BCUT2D eigenvalue weighted by atomic mass is 10.3. The number of hydrogen-bond donors (Lipinski definition) is 1. The summed E-state index contributed by atoms with van der Waals surface area (Å²) >= 11 is 3.64. The van der Waals surface area contributed by atoms with Crippen LogP contribution in [0.25, 0.3) is 0 Å². The number of aryl methyl sites for hydroxylation is 2. The number of rotatable bonds is 8. The van der Waals surface area contributed by atoms with Gasteiger partial charge in [-0.3, -0.25) is 4.68 Å². The van der Waals surface area contributed by atoms with Crippen LogP contribution in [0.4, 0.5) is 0 Å². The van der Waals surface area contributed by atoms with Crippen LogP contribution in [-0.2, 0) is 24.2 Å². The van der Waals surface area contributed by atoms with Crippen LogP contribution in [0.1, 0.15) is 39.1 Å². The van der Waals surface area contributed by atoms with Crippen LogP contribution in [0.5, 0.6) is 0 Å². The van der Waals surface area contributed by atoms with Gasteiger partial charge >= 0.3 is 0 Å². The lowest BCUT2D eigenvalue weighted by Gasteiger charge is -2.09. The average molecular weight is 318 g/mol. The molecule has 4 nitrogen and oxygen atoms in total. The summed E-state index contributed by atoms with van der Waals surface area (Å²) in [6, 6.07) is 0. The molecule has 18 heavy (non-hydrogen) atoms. The van der Waals surface area contributed by atoms with Gasteiger partial charge in [0.2, 0.25) is 0 Å². The molecule has 0 aliphatic heterocycles. The van der Waals surface area contributed by atoms with Crippen molar-refractivity contribution < 1.29 is 4.74 Å². The molecule has 0 amide bonds. The number of nitrogens with zero attached hydrogens (tertiary/aromatic N) is 2. The molecule has 0 spiro atoms. The number of halogens is 1. The number of ether oxygens (including phenoxy) is 1. The fourth-order valence-electron chi connectivity index (χ4n) is 1.76. The molecule has 0 aliphatic rings.